The predicted molar refractivity (Wildman–Crippen MR) is 76.7 cm³/mol. The molecule has 0 saturated carbocycles. The van der Waals surface area contributed by atoms with Gasteiger partial charge in [0.25, 0.3) is 6.08 Å². The molecule has 6 heteroatoms. The summed E-state index contributed by atoms with van der Waals surface area (Å²) >= 11 is 0. The van der Waals surface area contributed by atoms with Gasteiger partial charge in [0.2, 0.25) is 0 Å². The molecule has 0 aliphatic carbocycles. The second-order valence-electron chi connectivity index (χ2n) is 5.11. The fourth-order valence-corrected chi connectivity index (χ4v) is 2.52. The van der Waals surface area contributed by atoms with Crippen molar-refractivity contribution in [3.63, 3.8) is 0 Å². The van der Waals surface area contributed by atoms with E-state index >= 15 is 0 Å². The van der Waals surface area contributed by atoms with Crippen LogP contribution < -0.4 is 0 Å². The largest absolute Gasteiger partial charge is 0.266 e. The Morgan fingerprint density at radius 2 is 1.83 bits per heavy atom. The molecule has 1 unspecified atom stereocenters. The fourth-order valence-electron chi connectivity index (χ4n) is 2.52. The van der Waals surface area contributed by atoms with Crippen LogP contribution in [0, 0.1) is 24.4 Å². The molecule has 1 aromatic heterocycles. The van der Waals surface area contributed by atoms with Gasteiger partial charge in [-0.15, -0.1) is 0 Å². The molecule has 0 aliphatic heterocycles. The smallest absolute Gasteiger partial charge is 0.264 e. The van der Waals surface area contributed by atoms with Gasteiger partial charge in [0.1, 0.15) is 5.82 Å². The maximum Gasteiger partial charge on any atom is 0.266 e. The predicted octanol–water partition coefficient (Wildman–Crippen LogP) is 5.50. The summed E-state index contributed by atoms with van der Waals surface area (Å²) < 4.78 is 66.2. The SMILES string of the molecule is Cc1ccncc1C(CCC=C(F)F)c1c(F)ccc(F)c1F. The van der Waals surface area contributed by atoms with Crippen molar-refractivity contribution in [1.82, 2.24) is 4.98 Å². The lowest BCUT2D eigenvalue weighted by atomic mass is 9.85. The van der Waals surface area contributed by atoms with Crippen LogP contribution in [0.5, 0.6) is 0 Å². The summed E-state index contributed by atoms with van der Waals surface area (Å²) in [6.45, 7) is 1.71. The van der Waals surface area contributed by atoms with Gasteiger partial charge in [-0.3, -0.25) is 4.98 Å². The van der Waals surface area contributed by atoms with Gasteiger partial charge in [-0.1, -0.05) is 0 Å². The second-order valence-corrected chi connectivity index (χ2v) is 5.11. The standard InChI is InChI=1S/C17H14F5N/c1-10-7-8-23-9-12(10)11(3-2-4-15(20)21)16-13(18)5-6-14(19)17(16)22/h4-9,11H,2-3H2,1H3. The van der Waals surface area contributed by atoms with E-state index in [1.54, 1.807) is 13.0 Å². The lowest BCUT2D eigenvalue weighted by Crippen LogP contribution is -2.10. The Hall–Kier alpha value is -2.24. The van der Waals surface area contributed by atoms with E-state index in [4.69, 9.17) is 0 Å². The van der Waals surface area contributed by atoms with Crippen LogP contribution in [0.15, 0.2) is 42.7 Å². The van der Waals surface area contributed by atoms with Crippen LogP contribution in [0.3, 0.4) is 0 Å². The Labute approximate surface area is 130 Å². The van der Waals surface area contributed by atoms with Crippen molar-refractivity contribution >= 4 is 0 Å². The molecule has 0 spiro atoms. The Morgan fingerprint density at radius 3 is 2.48 bits per heavy atom. The molecule has 0 radical (unpaired) electrons. The summed E-state index contributed by atoms with van der Waals surface area (Å²) in [4.78, 5) is 3.91. The van der Waals surface area contributed by atoms with E-state index in [-0.39, 0.29) is 12.8 Å². The zero-order chi connectivity index (χ0) is 17.0. The van der Waals surface area contributed by atoms with Gasteiger partial charge in [-0.25, -0.2) is 13.2 Å². The number of aromatic nitrogens is 1. The van der Waals surface area contributed by atoms with Gasteiger partial charge in [0, 0.05) is 23.9 Å². The van der Waals surface area contributed by atoms with E-state index < -0.39 is 35.0 Å². The minimum absolute atomic E-state index is 0.00116. The topological polar surface area (TPSA) is 12.9 Å². The van der Waals surface area contributed by atoms with Gasteiger partial charge >= 0.3 is 0 Å². The number of hydrogen-bond acceptors (Lipinski definition) is 1. The number of pyridine rings is 1. The zero-order valence-corrected chi connectivity index (χ0v) is 12.3. The number of benzene rings is 1. The second kappa shape index (κ2) is 7.35. The van der Waals surface area contributed by atoms with Crippen molar-refractivity contribution in [2.45, 2.75) is 25.7 Å². The first-order chi connectivity index (χ1) is 10.9. The molecule has 0 amide bonds. The van der Waals surface area contributed by atoms with Crippen molar-refractivity contribution in [1.29, 1.82) is 0 Å². The molecule has 1 nitrogen and oxygen atoms in total. The van der Waals surface area contributed by atoms with Gasteiger partial charge < -0.3 is 0 Å². The minimum atomic E-state index is -1.87. The third-order valence-corrected chi connectivity index (χ3v) is 3.64. The molecule has 1 aromatic carbocycles. The highest BCUT2D eigenvalue weighted by molar-refractivity contribution is 5.37. The number of aryl methyl sites for hydroxylation is 1. The molecule has 2 aromatic rings. The van der Waals surface area contributed by atoms with Crippen LogP contribution in [0.25, 0.3) is 0 Å². The number of hydrogen-bond donors (Lipinski definition) is 0. The molecular formula is C17H14F5N. The van der Waals surface area contributed by atoms with Gasteiger partial charge in [-0.05, 0) is 55.2 Å². The molecule has 122 valence electrons. The molecule has 1 atom stereocenters. The third kappa shape index (κ3) is 3.94. The highest BCUT2D eigenvalue weighted by Gasteiger charge is 2.25. The summed E-state index contributed by atoms with van der Waals surface area (Å²) in [5, 5.41) is 0. The number of nitrogens with zero attached hydrogens (tertiary/aromatic N) is 1. The summed E-state index contributed by atoms with van der Waals surface area (Å²) in [7, 11) is 0. The highest BCUT2D eigenvalue weighted by atomic mass is 19.3. The van der Waals surface area contributed by atoms with E-state index in [0.29, 0.717) is 23.3 Å². The summed E-state index contributed by atoms with van der Waals surface area (Å²) in [5.74, 6) is -4.31. The maximum atomic E-state index is 14.1. The zero-order valence-electron chi connectivity index (χ0n) is 12.3. The molecule has 0 N–H and O–H groups in total. The number of halogens is 5. The van der Waals surface area contributed by atoms with Crippen molar-refractivity contribution < 1.29 is 22.0 Å². The first-order valence-electron chi connectivity index (χ1n) is 6.97. The van der Waals surface area contributed by atoms with Gasteiger partial charge in [0.05, 0.1) is 0 Å². The number of rotatable bonds is 5. The van der Waals surface area contributed by atoms with Crippen LogP contribution >= 0.6 is 0 Å². The summed E-state index contributed by atoms with van der Waals surface area (Å²) in [6, 6.07) is 3.17. The summed E-state index contributed by atoms with van der Waals surface area (Å²) in [6.07, 6.45) is 1.63. The van der Waals surface area contributed by atoms with E-state index in [1.807, 2.05) is 0 Å². The van der Waals surface area contributed by atoms with E-state index in [0.717, 1.165) is 6.07 Å². The fraction of sp³-hybridized carbons (Fsp3) is 0.235. The quantitative estimate of drug-likeness (QED) is 0.522. The van der Waals surface area contributed by atoms with Gasteiger partial charge in [0.15, 0.2) is 11.6 Å². The Bertz CT molecular complexity index is 723. The molecule has 1 heterocycles. The third-order valence-electron chi connectivity index (χ3n) is 3.64. The van der Waals surface area contributed by atoms with Crippen molar-refractivity contribution in [3.05, 3.63) is 76.9 Å². The van der Waals surface area contributed by atoms with E-state index in [2.05, 4.69) is 4.98 Å². The van der Waals surface area contributed by atoms with Crippen molar-refractivity contribution in [2.24, 2.45) is 0 Å². The molecule has 2 rings (SSSR count). The van der Waals surface area contributed by atoms with Crippen LogP contribution in [0.1, 0.15) is 35.4 Å². The lowest BCUT2D eigenvalue weighted by molar-refractivity contribution is 0.415. The normalized spacial score (nSPS) is 12.1. The van der Waals surface area contributed by atoms with Crippen LogP contribution in [0.2, 0.25) is 0 Å². The van der Waals surface area contributed by atoms with Crippen molar-refractivity contribution in [3.8, 4) is 0 Å². The monoisotopic (exact) mass is 327 g/mol. The molecule has 0 saturated heterocycles. The van der Waals surface area contributed by atoms with Crippen LogP contribution in [-0.2, 0) is 0 Å². The Balaban J connectivity index is 2.52. The average Bonchev–Trinajstić information content (AvgIpc) is 2.50. The molecular weight excluding hydrogens is 313 g/mol. The first-order valence-corrected chi connectivity index (χ1v) is 6.97. The highest BCUT2D eigenvalue weighted by Crippen LogP contribution is 2.35. The molecule has 0 bridgehead atoms. The van der Waals surface area contributed by atoms with Crippen LogP contribution in [-0.4, -0.2) is 4.98 Å². The van der Waals surface area contributed by atoms with E-state index in [9.17, 15) is 22.0 Å². The maximum absolute atomic E-state index is 14.1. The number of allylic oxidation sites excluding steroid dienone is 1. The summed E-state index contributed by atoms with van der Waals surface area (Å²) in [5.41, 5.74) is 0.704. The lowest BCUT2D eigenvalue weighted by Gasteiger charge is -2.20. The first kappa shape index (κ1) is 17.1. The van der Waals surface area contributed by atoms with Crippen LogP contribution in [0.4, 0.5) is 22.0 Å². The molecule has 0 aliphatic rings. The van der Waals surface area contributed by atoms with Gasteiger partial charge in [-0.2, -0.15) is 8.78 Å². The average molecular weight is 327 g/mol. The molecule has 23 heavy (non-hydrogen) atoms. The Kier molecular flexibility index (Phi) is 5.47. The Morgan fingerprint density at radius 1 is 1.13 bits per heavy atom. The minimum Gasteiger partial charge on any atom is -0.264 e. The van der Waals surface area contributed by atoms with Crippen molar-refractivity contribution in [2.75, 3.05) is 0 Å². The van der Waals surface area contributed by atoms with E-state index in [1.165, 1.54) is 12.4 Å². The molecule has 0 fully saturated rings.